The summed E-state index contributed by atoms with van der Waals surface area (Å²) < 4.78 is 5.45. The van der Waals surface area contributed by atoms with Crippen molar-refractivity contribution in [1.82, 2.24) is 5.32 Å². The summed E-state index contributed by atoms with van der Waals surface area (Å²) in [4.78, 5) is 24.5. The largest absolute Gasteiger partial charge is 0.466 e. The molecule has 0 aromatic rings. The molecule has 0 saturated carbocycles. The molecule has 0 rings (SSSR count). The Hall–Kier alpha value is -1.66. The van der Waals surface area contributed by atoms with Gasteiger partial charge in [0, 0.05) is 12.8 Å². The minimum Gasteiger partial charge on any atom is -0.466 e. The van der Waals surface area contributed by atoms with Gasteiger partial charge in [-0.25, -0.2) is 0 Å². The lowest BCUT2D eigenvalue weighted by molar-refractivity contribution is -0.143. The number of amides is 1. The Morgan fingerprint density at radius 2 is 0.746 bits per heavy atom. The van der Waals surface area contributed by atoms with Gasteiger partial charge in [-0.05, 0) is 57.8 Å². The molecule has 1 amide bonds. The maximum Gasteiger partial charge on any atom is 0.305 e. The van der Waals surface area contributed by atoms with Gasteiger partial charge in [-0.2, -0.15) is 0 Å². The normalized spacial score (nSPS) is 12.8. The first-order valence-electron chi connectivity index (χ1n) is 28.1. The highest BCUT2D eigenvalue weighted by molar-refractivity contribution is 5.76. The smallest absolute Gasteiger partial charge is 0.305 e. The van der Waals surface area contributed by atoms with E-state index < -0.39 is 12.1 Å². The van der Waals surface area contributed by atoms with Crippen molar-refractivity contribution in [2.24, 2.45) is 0 Å². The van der Waals surface area contributed by atoms with E-state index in [4.69, 9.17) is 4.74 Å². The first kappa shape index (κ1) is 61.3. The number of carbonyl (C=O) groups excluding carboxylic acids is 2. The lowest BCUT2D eigenvalue weighted by atomic mass is 10.0. The third-order valence-corrected chi connectivity index (χ3v) is 13.0. The molecule has 0 saturated heterocycles. The number of aliphatic hydroxyl groups is 2. The topological polar surface area (TPSA) is 95.9 Å². The van der Waals surface area contributed by atoms with Crippen LogP contribution < -0.4 is 5.32 Å². The summed E-state index contributed by atoms with van der Waals surface area (Å²) in [5.41, 5.74) is 0. The molecule has 6 nitrogen and oxygen atoms in total. The Bertz CT molecular complexity index is 982. The van der Waals surface area contributed by atoms with E-state index in [0.29, 0.717) is 19.4 Å². The third-order valence-electron chi connectivity index (χ3n) is 13.0. The van der Waals surface area contributed by atoms with Crippen molar-refractivity contribution < 1.29 is 24.5 Å². The van der Waals surface area contributed by atoms with Crippen LogP contribution in [0.15, 0.2) is 24.3 Å². The zero-order valence-electron chi connectivity index (χ0n) is 42.3. The lowest BCUT2D eigenvalue weighted by Crippen LogP contribution is -2.45. The van der Waals surface area contributed by atoms with Crippen molar-refractivity contribution >= 4 is 11.9 Å². The predicted molar refractivity (Wildman–Crippen MR) is 273 cm³/mol. The number of unbranched alkanes of at least 4 members (excludes halogenated alkanes) is 39. The van der Waals surface area contributed by atoms with E-state index >= 15 is 0 Å². The van der Waals surface area contributed by atoms with Crippen molar-refractivity contribution in [1.29, 1.82) is 0 Å². The van der Waals surface area contributed by atoms with E-state index in [2.05, 4.69) is 31.3 Å². The molecular formula is C57H109NO5. The highest BCUT2D eigenvalue weighted by atomic mass is 16.5. The maximum absolute atomic E-state index is 12.5. The molecule has 6 heteroatoms. The molecule has 0 heterocycles. The van der Waals surface area contributed by atoms with Crippen LogP contribution in [0.25, 0.3) is 0 Å². The van der Waals surface area contributed by atoms with Gasteiger partial charge in [0.2, 0.25) is 5.91 Å². The van der Waals surface area contributed by atoms with E-state index in [1.165, 1.54) is 218 Å². The zero-order chi connectivity index (χ0) is 45.8. The molecule has 372 valence electrons. The minimum absolute atomic E-state index is 0.0242. The first-order chi connectivity index (χ1) is 31.0. The van der Waals surface area contributed by atoms with Crippen molar-refractivity contribution in [2.75, 3.05) is 13.2 Å². The van der Waals surface area contributed by atoms with Crippen molar-refractivity contribution in [3.8, 4) is 0 Å². The van der Waals surface area contributed by atoms with Gasteiger partial charge in [-0.3, -0.25) is 9.59 Å². The average Bonchev–Trinajstić information content (AvgIpc) is 3.28. The fourth-order valence-electron chi connectivity index (χ4n) is 8.63. The molecule has 3 N–H and O–H groups in total. The van der Waals surface area contributed by atoms with Gasteiger partial charge in [0.05, 0.1) is 25.4 Å². The van der Waals surface area contributed by atoms with Crippen LogP contribution in [-0.4, -0.2) is 47.4 Å². The predicted octanol–water partition coefficient (Wildman–Crippen LogP) is 17.1. The maximum atomic E-state index is 12.5. The number of allylic oxidation sites excluding steroid dienone is 3. The zero-order valence-corrected chi connectivity index (χ0v) is 42.3. The van der Waals surface area contributed by atoms with Crippen LogP contribution in [0.4, 0.5) is 0 Å². The molecule has 63 heavy (non-hydrogen) atoms. The van der Waals surface area contributed by atoms with E-state index in [1.54, 1.807) is 6.08 Å². The summed E-state index contributed by atoms with van der Waals surface area (Å²) >= 11 is 0. The van der Waals surface area contributed by atoms with Gasteiger partial charge in [0.15, 0.2) is 0 Å². The fraction of sp³-hybridized carbons (Fsp3) is 0.895. The van der Waals surface area contributed by atoms with Crippen LogP contribution in [0, 0.1) is 0 Å². The molecule has 2 unspecified atom stereocenters. The van der Waals surface area contributed by atoms with E-state index in [1.807, 2.05) is 6.08 Å². The first-order valence-corrected chi connectivity index (χ1v) is 28.1. The number of esters is 1. The van der Waals surface area contributed by atoms with E-state index in [9.17, 15) is 19.8 Å². The summed E-state index contributed by atoms with van der Waals surface area (Å²) in [6.07, 6.45) is 63.3. The Kier molecular flexibility index (Phi) is 51.6. The number of rotatable bonds is 52. The molecule has 0 aliphatic rings. The lowest BCUT2D eigenvalue weighted by Gasteiger charge is -2.20. The van der Waals surface area contributed by atoms with Crippen LogP contribution in [0.2, 0.25) is 0 Å². The number of carbonyl (C=O) groups is 2. The van der Waals surface area contributed by atoms with Crippen LogP contribution in [0.1, 0.15) is 303 Å². The monoisotopic (exact) mass is 888 g/mol. The van der Waals surface area contributed by atoms with Crippen LogP contribution in [-0.2, 0) is 14.3 Å². The van der Waals surface area contributed by atoms with Crippen molar-refractivity contribution in [3.63, 3.8) is 0 Å². The Morgan fingerprint density at radius 1 is 0.429 bits per heavy atom. The molecule has 0 bridgehead atoms. The van der Waals surface area contributed by atoms with Gasteiger partial charge in [-0.1, -0.05) is 256 Å². The van der Waals surface area contributed by atoms with Gasteiger partial charge >= 0.3 is 5.97 Å². The number of aliphatic hydroxyl groups excluding tert-OH is 2. The highest BCUT2D eigenvalue weighted by Gasteiger charge is 2.18. The molecule has 0 aliphatic carbocycles. The third kappa shape index (κ3) is 49.6. The summed E-state index contributed by atoms with van der Waals surface area (Å²) in [6, 6.07) is -0.643. The Balaban J connectivity index is 3.51. The van der Waals surface area contributed by atoms with Crippen LogP contribution in [0.5, 0.6) is 0 Å². The second-order valence-electron chi connectivity index (χ2n) is 19.3. The van der Waals surface area contributed by atoms with Crippen molar-refractivity contribution in [2.45, 2.75) is 315 Å². The highest BCUT2D eigenvalue weighted by Crippen LogP contribution is 2.17. The summed E-state index contributed by atoms with van der Waals surface area (Å²) in [6.45, 7) is 4.86. The van der Waals surface area contributed by atoms with Gasteiger partial charge < -0.3 is 20.3 Å². The van der Waals surface area contributed by atoms with Gasteiger partial charge in [0.1, 0.15) is 0 Å². The molecular weight excluding hydrogens is 779 g/mol. The molecule has 0 fully saturated rings. The number of hydrogen-bond acceptors (Lipinski definition) is 5. The summed E-state index contributed by atoms with van der Waals surface area (Å²) in [5, 5.41) is 23.2. The Morgan fingerprint density at radius 3 is 1.14 bits per heavy atom. The molecule has 2 atom stereocenters. The number of hydrogen-bond donors (Lipinski definition) is 3. The molecule has 0 aliphatic heterocycles. The summed E-state index contributed by atoms with van der Waals surface area (Å²) in [5.74, 6) is -0.109. The summed E-state index contributed by atoms with van der Waals surface area (Å²) in [7, 11) is 0. The second kappa shape index (κ2) is 53.0. The van der Waals surface area contributed by atoms with E-state index in [0.717, 1.165) is 57.8 Å². The second-order valence-corrected chi connectivity index (χ2v) is 19.3. The van der Waals surface area contributed by atoms with Crippen LogP contribution >= 0.6 is 0 Å². The molecule has 0 spiro atoms. The average molecular weight is 889 g/mol. The fourth-order valence-corrected chi connectivity index (χ4v) is 8.63. The Labute approximate surface area is 392 Å². The van der Waals surface area contributed by atoms with E-state index in [-0.39, 0.29) is 18.5 Å². The van der Waals surface area contributed by atoms with Gasteiger partial charge in [-0.15, -0.1) is 0 Å². The SMILES string of the molecule is CCCCCC/C=C\CCCCCCCC(=O)OCCCCCCCCCCCCCC(=O)NC(CO)C(O)/C=C/CCCCCCCCCCCCCCCCCCCCCC. The van der Waals surface area contributed by atoms with Crippen LogP contribution in [0.3, 0.4) is 0 Å². The van der Waals surface area contributed by atoms with Gasteiger partial charge in [0.25, 0.3) is 0 Å². The van der Waals surface area contributed by atoms with Crippen molar-refractivity contribution in [3.05, 3.63) is 24.3 Å². The molecule has 0 radical (unpaired) electrons. The number of nitrogens with one attached hydrogen (secondary N) is 1. The minimum atomic E-state index is -0.858. The quantitative estimate of drug-likeness (QED) is 0.0321. The number of ether oxygens (including phenoxy) is 1. The molecule has 0 aromatic carbocycles. The molecule has 0 aromatic heterocycles. The standard InChI is InChI=1S/C57H109NO5/c1-3-5-7-9-11-13-15-17-18-19-20-21-22-23-24-25-27-29-33-37-41-45-49-55(60)54(53-59)58-56(61)50-46-42-38-34-30-28-32-36-40-44-48-52-63-57(62)51-47-43-39-35-31-26-16-14-12-10-8-6-4-2/h14,16,45,49,54-55,59-60H,3-13,15,17-44,46-48,50-53H2,1-2H3,(H,58,61)/b16-14-,49-45+.